The predicted molar refractivity (Wildman–Crippen MR) is 112 cm³/mol. The van der Waals surface area contributed by atoms with E-state index in [0.29, 0.717) is 27.5 Å². The summed E-state index contributed by atoms with van der Waals surface area (Å²) in [4.78, 5) is 11.8. The number of carboxylic acid groups (broad SMARTS) is 1. The summed E-state index contributed by atoms with van der Waals surface area (Å²) in [5.74, 6) is -2.57. The zero-order valence-electron chi connectivity index (χ0n) is 15.1. The zero-order valence-corrected chi connectivity index (χ0v) is 17.5. The lowest BCUT2D eigenvalue weighted by atomic mass is 10.0. The van der Waals surface area contributed by atoms with Gasteiger partial charge in [0, 0.05) is 10.6 Å². The minimum absolute atomic E-state index is 0.0770. The normalized spacial score (nSPS) is 16.4. The van der Waals surface area contributed by atoms with Crippen molar-refractivity contribution in [3.63, 3.8) is 0 Å². The van der Waals surface area contributed by atoms with Crippen LogP contribution in [0.4, 0.5) is 4.39 Å². The molecule has 6 nitrogen and oxygen atoms in total. The molecule has 0 fully saturated rings. The van der Waals surface area contributed by atoms with Crippen molar-refractivity contribution >= 4 is 50.7 Å². The summed E-state index contributed by atoms with van der Waals surface area (Å²) in [5.41, 5.74) is 1.28. The number of carbonyl (C=O) groups is 1. The van der Waals surface area contributed by atoms with Gasteiger partial charge >= 0.3 is 5.97 Å². The van der Waals surface area contributed by atoms with Crippen molar-refractivity contribution in [2.45, 2.75) is 5.75 Å². The smallest absolute Gasteiger partial charge is 0.356 e. The Morgan fingerprint density at radius 3 is 2.47 bits per heavy atom. The standard InChI is InChI=1S/C20H13Cl2FN2O4S/c21-13-3-6-17(16(22)8-13)25-19-12(7-11-1-4-14(23)5-2-11)9-30(28,29)10-15(19)18(24-25)20(26)27/h1-8H,9-10H2,(H,26,27)/b12-7+. The molecule has 1 aliphatic rings. The second-order valence-corrected chi connectivity index (χ2v) is 9.65. The Labute approximate surface area is 181 Å². The van der Waals surface area contributed by atoms with Gasteiger partial charge in [-0.05, 0) is 47.5 Å². The third-order valence-electron chi connectivity index (χ3n) is 4.58. The highest BCUT2D eigenvalue weighted by atomic mass is 35.5. The first-order chi connectivity index (χ1) is 14.1. The van der Waals surface area contributed by atoms with Crippen LogP contribution in [0.1, 0.15) is 27.3 Å². The van der Waals surface area contributed by atoms with Crippen LogP contribution in [0.3, 0.4) is 0 Å². The third kappa shape index (κ3) is 3.86. The van der Waals surface area contributed by atoms with Gasteiger partial charge in [-0.15, -0.1) is 0 Å². The predicted octanol–water partition coefficient (Wildman–Crippen LogP) is 4.49. The van der Waals surface area contributed by atoms with Crippen LogP contribution in [0.25, 0.3) is 17.3 Å². The molecule has 2 aromatic carbocycles. The summed E-state index contributed by atoms with van der Waals surface area (Å²) in [6.07, 6.45) is 1.57. The molecule has 30 heavy (non-hydrogen) atoms. The van der Waals surface area contributed by atoms with Gasteiger partial charge in [-0.2, -0.15) is 5.10 Å². The molecule has 0 aliphatic carbocycles. The second kappa shape index (κ2) is 7.54. The Hall–Kier alpha value is -2.68. The van der Waals surface area contributed by atoms with Crippen molar-refractivity contribution < 1.29 is 22.7 Å². The average Bonchev–Trinajstić information content (AvgIpc) is 3.02. The largest absolute Gasteiger partial charge is 0.476 e. The molecular formula is C20H13Cl2FN2O4S. The van der Waals surface area contributed by atoms with Gasteiger partial charge in [0.1, 0.15) is 5.82 Å². The van der Waals surface area contributed by atoms with Gasteiger partial charge in [-0.1, -0.05) is 35.3 Å². The lowest BCUT2D eigenvalue weighted by Gasteiger charge is -2.19. The average molecular weight is 467 g/mol. The fraction of sp³-hybridized carbons (Fsp3) is 0.100. The molecule has 0 saturated heterocycles. The molecule has 154 valence electrons. The first kappa shape index (κ1) is 20.6. The molecule has 0 amide bonds. The van der Waals surface area contributed by atoms with Crippen LogP contribution in [-0.2, 0) is 15.6 Å². The van der Waals surface area contributed by atoms with Gasteiger partial charge in [0.15, 0.2) is 15.5 Å². The van der Waals surface area contributed by atoms with Crippen LogP contribution >= 0.6 is 23.2 Å². The molecule has 3 aromatic rings. The molecule has 0 bridgehead atoms. The number of aromatic carboxylic acids is 1. The van der Waals surface area contributed by atoms with Crippen molar-refractivity contribution in [2.75, 3.05) is 5.75 Å². The minimum atomic E-state index is -3.63. The molecule has 0 radical (unpaired) electrons. The van der Waals surface area contributed by atoms with Crippen LogP contribution < -0.4 is 0 Å². The minimum Gasteiger partial charge on any atom is -0.476 e. The van der Waals surface area contributed by atoms with E-state index in [0.717, 1.165) is 0 Å². The molecule has 2 heterocycles. The van der Waals surface area contributed by atoms with E-state index >= 15 is 0 Å². The molecule has 0 atom stereocenters. The van der Waals surface area contributed by atoms with Gasteiger partial charge < -0.3 is 5.11 Å². The lowest BCUT2D eigenvalue weighted by Crippen LogP contribution is -2.20. The van der Waals surface area contributed by atoms with E-state index in [4.69, 9.17) is 23.2 Å². The molecule has 1 aromatic heterocycles. The van der Waals surface area contributed by atoms with Crippen molar-refractivity contribution in [1.29, 1.82) is 0 Å². The van der Waals surface area contributed by atoms with Crippen molar-refractivity contribution in [3.05, 3.63) is 80.8 Å². The summed E-state index contributed by atoms with van der Waals surface area (Å²) in [7, 11) is -3.63. The van der Waals surface area contributed by atoms with Gasteiger partial charge in [0.25, 0.3) is 0 Å². The SMILES string of the molecule is O=C(O)c1nn(-c2ccc(Cl)cc2Cl)c2c1CS(=O)(=O)C/C2=C\c1ccc(F)cc1. The fourth-order valence-electron chi connectivity index (χ4n) is 3.36. The lowest BCUT2D eigenvalue weighted by molar-refractivity contribution is 0.0689. The Bertz CT molecular complexity index is 1320. The highest BCUT2D eigenvalue weighted by Crippen LogP contribution is 2.36. The van der Waals surface area contributed by atoms with Crippen molar-refractivity contribution in [3.8, 4) is 5.69 Å². The van der Waals surface area contributed by atoms with Crippen LogP contribution in [0.15, 0.2) is 42.5 Å². The monoisotopic (exact) mass is 466 g/mol. The molecule has 0 spiro atoms. The van der Waals surface area contributed by atoms with Gasteiger partial charge in [0.05, 0.1) is 27.9 Å². The summed E-state index contributed by atoms with van der Waals surface area (Å²) < 4.78 is 39.6. The molecule has 4 rings (SSSR count). The van der Waals surface area contributed by atoms with Crippen LogP contribution in [-0.4, -0.2) is 35.0 Å². The third-order valence-corrected chi connectivity index (χ3v) is 6.60. The van der Waals surface area contributed by atoms with E-state index in [1.54, 1.807) is 18.2 Å². The summed E-state index contributed by atoms with van der Waals surface area (Å²) >= 11 is 12.3. The highest BCUT2D eigenvalue weighted by molar-refractivity contribution is 7.91. The molecular weight excluding hydrogens is 454 g/mol. The number of fused-ring (bicyclic) bond motifs is 1. The van der Waals surface area contributed by atoms with E-state index in [2.05, 4.69) is 5.10 Å². The number of rotatable bonds is 3. The maximum Gasteiger partial charge on any atom is 0.356 e. The van der Waals surface area contributed by atoms with Gasteiger partial charge in [-0.25, -0.2) is 22.3 Å². The summed E-state index contributed by atoms with van der Waals surface area (Å²) in [5, 5.41) is 14.4. The van der Waals surface area contributed by atoms with Crippen LogP contribution in [0, 0.1) is 5.82 Å². The van der Waals surface area contributed by atoms with Crippen molar-refractivity contribution in [1.82, 2.24) is 9.78 Å². The Morgan fingerprint density at radius 1 is 1.13 bits per heavy atom. The number of aromatic nitrogens is 2. The second-order valence-electron chi connectivity index (χ2n) is 6.74. The first-order valence-electron chi connectivity index (χ1n) is 8.62. The highest BCUT2D eigenvalue weighted by Gasteiger charge is 2.35. The molecule has 0 saturated carbocycles. The first-order valence-corrected chi connectivity index (χ1v) is 11.2. The molecule has 10 heteroatoms. The number of halogens is 3. The quantitative estimate of drug-likeness (QED) is 0.614. The van der Waals surface area contributed by atoms with E-state index in [1.807, 2.05) is 0 Å². The maximum absolute atomic E-state index is 13.3. The van der Waals surface area contributed by atoms with Crippen LogP contribution in [0.2, 0.25) is 10.0 Å². The number of hydrogen-bond acceptors (Lipinski definition) is 4. The molecule has 1 aliphatic heterocycles. The Kier molecular flexibility index (Phi) is 5.17. The Balaban J connectivity index is 2.01. The summed E-state index contributed by atoms with van der Waals surface area (Å²) in [6, 6.07) is 10.1. The number of benzene rings is 2. The maximum atomic E-state index is 13.3. The number of hydrogen-bond donors (Lipinski definition) is 1. The molecule has 1 N–H and O–H groups in total. The Morgan fingerprint density at radius 2 is 1.83 bits per heavy atom. The topological polar surface area (TPSA) is 89.3 Å². The van der Waals surface area contributed by atoms with E-state index in [-0.39, 0.29) is 22.0 Å². The van der Waals surface area contributed by atoms with E-state index in [1.165, 1.54) is 35.0 Å². The zero-order chi connectivity index (χ0) is 21.6. The van der Waals surface area contributed by atoms with Gasteiger partial charge in [0.2, 0.25) is 0 Å². The molecule has 0 unspecified atom stereocenters. The number of nitrogens with zero attached hydrogens (tertiary/aromatic N) is 2. The number of carboxylic acids is 1. The number of sulfone groups is 1. The van der Waals surface area contributed by atoms with Crippen molar-refractivity contribution in [2.24, 2.45) is 0 Å². The van der Waals surface area contributed by atoms with Crippen LogP contribution in [0.5, 0.6) is 0 Å². The van der Waals surface area contributed by atoms with E-state index < -0.39 is 27.4 Å². The van der Waals surface area contributed by atoms with E-state index in [9.17, 15) is 22.7 Å². The van der Waals surface area contributed by atoms with Gasteiger partial charge in [-0.3, -0.25) is 0 Å². The fourth-order valence-corrected chi connectivity index (χ4v) is 5.36. The summed E-state index contributed by atoms with van der Waals surface area (Å²) in [6.45, 7) is 0.